The first kappa shape index (κ1) is 29.3. The van der Waals surface area contributed by atoms with E-state index < -0.39 is 0 Å². The SMILES string of the molecule is CC(C)C1CC(c2ccccn2)=NN=C1c1ccccn1.[Cl][Fe][Cl].c1ccncc1.c1ccncc1. The minimum absolute atomic E-state index is 0.194. The number of halogens is 2. The summed E-state index contributed by atoms with van der Waals surface area (Å²) in [5.74, 6) is 0.786. The van der Waals surface area contributed by atoms with Gasteiger partial charge < -0.3 is 0 Å². The van der Waals surface area contributed by atoms with Gasteiger partial charge in [-0.15, -0.1) is 0 Å². The van der Waals surface area contributed by atoms with E-state index in [1.54, 1.807) is 37.2 Å². The Labute approximate surface area is 227 Å². The van der Waals surface area contributed by atoms with Crippen LogP contribution in [0.15, 0.2) is 120 Å². The van der Waals surface area contributed by atoms with Crippen LogP contribution in [-0.2, 0) is 13.1 Å². The van der Waals surface area contributed by atoms with E-state index in [4.69, 9.17) is 20.2 Å². The van der Waals surface area contributed by atoms with E-state index in [0.717, 1.165) is 29.2 Å². The Bertz CT molecular complexity index is 1050. The van der Waals surface area contributed by atoms with Gasteiger partial charge in [-0.3, -0.25) is 19.9 Å². The Balaban J connectivity index is 0.000000246. The van der Waals surface area contributed by atoms with Gasteiger partial charge in [0.2, 0.25) is 0 Å². The fourth-order valence-corrected chi connectivity index (χ4v) is 3.16. The zero-order valence-electron chi connectivity index (χ0n) is 20.0. The summed E-state index contributed by atoms with van der Waals surface area (Å²) in [6, 6.07) is 23.2. The molecule has 1 atom stereocenters. The molecule has 4 aromatic heterocycles. The monoisotopic (exact) mass is 562 g/mol. The molecule has 1 aliphatic rings. The van der Waals surface area contributed by atoms with E-state index in [1.807, 2.05) is 72.8 Å². The molecule has 0 radical (unpaired) electrons. The van der Waals surface area contributed by atoms with Crippen molar-refractivity contribution in [1.82, 2.24) is 19.9 Å². The molecule has 5 rings (SSSR count). The molecule has 0 aliphatic carbocycles. The standard InChI is InChI=1S/C17H18N4.2C5H5N.2ClH.Fe/c1-12(2)13-11-16(14-7-3-5-9-18-14)20-21-17(13)15-8-4-6-10-19-15;2*1-2-4-6-5-3-1;;;/h3-10,12-13H,11H2,1-2H3;2*1-5H;2*1H;/q;;;;;+2/p-2. The molecule has 36 heavy (non-hydrogen) atoms. The Morgan fingerprint density at radius 3 is 1.50 bits per heavy atom. The Morgan fingerprint density at radius 2 is 1.14 bits per heavy atom. The van der Waals surface area contributed by atoms with Crippen LogP contribution in [-0.4, -0.2) is 31.4 Å². The molecule has 1 unspecified atom stereocenters. The fraction of sp³-hybridized carbons (Fsp3) is 0.185. The van der Waals surface area contributed by atoms with E-state index in [1.165, 1.54) is 0 Å². The normalized spacial score (nSPS) is 14.0. The Hall–Kier alpha value is -2.96. The maximum Gasteiger partial charge on any atom is 0.0267 e. The van der Waals surface area contributed by atoms with Crippen LogP contribution < -0.4 is 0 Å². The van der Waals surface area contributed by atoms with Gasteiger partial charge in [-0.1, -0.05) is 38.1 Å². The zero-order valence-corrected chi connectivity index (χ0v) is 22.7. The van der Waals surface area contributed by atoms with Crippen molar-refractivity contribution >= 4 is 31.6 Å². The van der Waals surface area contributed by atoms with Gasteiger partial charge in [-0.2, -0.15) is 10.2 Å². The molecule has 0 bridgehead atoms. The maximum atomic E-state index is 4.76. The van der Waals surface area contributed by atoms with Gasteiger partial charge in [0.15, 0.2) is 0 Å². The summed E-state index contributed by atoms with van der Waals surface area (Å²) in [5.41, 5.74) is 3.76. The number of aromatic nitrogens is 4. The molecule has 0 saturated carbocycles. The summed E-state index contributed by atoms with van der Waals surface area (Å²) >= 11 is 0.194. The van der Waals surface area contributed by atoms with Crippen LogP contribution in [0, 0.1) is 11.8 Å². The summed E-state index contributed by atoms with van der Waals surface area (Å²) in [5, 5.41) is 8.85. The second kappa shape index (κ2) is 18.3. The summed E-state index contributed by atoms with van der Waals surface area (Å²) in [7, 11) is 9.53. The number of rotatable bonds is 3. The predicted octanol–water partition coefficient (Wildman–Crippen LogP) is 6.89. The minimum Gasteiger partial charge on any atom is -0.265 e. The van der Waals surface area contributed by atoms with Crippen molar-refractivity contribution in [2.75, 3.05) is 0 Å². The van der Waals surface area contributed by atoms with Crippen molar-refractivity contribution in [3.8, 4) is 0 Å². The van der Waals surface area contributed by atoms with Crippen molar-refractivity contribution in [3.05, 3.63) is 121 Å². The third kappa shape index (κ3) is 11.2. The molecule has 4 aromatic rings. The van der Waals surface area contributed by atoms with Crippen LogP contribution >= 0.6 is 20.2 Å². The van der Waals surface area contributed by atoms with E-state index in [0.29, 0.717) is 11.8 Å². The number of hydrogen-bond acceptors (Lipinski definition) is 6. The topological polar surface area (TPSA) is 76.3 Å². The molecule has 0 fully saturated rings. The van der Waals surface area contributed by atoms with Crippen molar-refractivity contribution < 1.29 is 13.1 Å². The van der Waals surface area contributed by atoms with Crippen LogP contribution in [0.4, 0.5) is 0 Å². The number of nitrogens with zero attached hydrogens (tertiary/aromatic N) is 6. The Morgan fingerprint density at radius 1 is 0.667 bits per heavy atom. The first-order valence-electron chi connectivity index (χ1n) is 11.2. The molecule has 0 aromatic carbocycles. The van der Waals surface area contributed by atoms with E-state index in [9.17, 15) is 0 Å². The quantitative estimate of drug-likeness (QED) is 0.255. The van der Waals surface area contributed by atoms with Crippen LogP contribution in [0.1, 0.15) is 31.7 Å². The van der Waals surface area contributed by atoms with E-state index in [2.05, 4.69) is 44.0 Å². The van der Waals surface area contributed by atoms with E-state index in [-0.39, 0.29) is 13.1 Å². The van der Waals surface area contributed by atoms with Crippen LogP contribution in [0.5, 0.6) is 0 Å². The van der Waals surface area contributed by atoms with Crippen molar-refractivity contribution in [1.29, 1.82) is 0 Å². The summed E-state index contributed by atoms with van der Waals surface area (Å²) in [6.07, 6.45) is 11.4. The predicted molar refractivity (Wildman–Crippen MR) is 145 cm³/mol. The van der Waals surface area contributed by atoms with Gasteiger partial charge in [0.1, 0.15) is 0 Å². The van der Waals surface area contributed by atoms with Crippen molar-refractivity contribution in [3.63, 3.8) is 0 Å². The van der Waals surface area contributed by atoms with Crippen LogP contribution in [0.25, 0.3) is 0 Å². The first-order chi connectivity index (χ1) is 17.7. The van der Waals surface area contributed by atoms with E-state index >= 15 is 0 Å². The smallest absolute Gasteiger partial charge is 0.0267 e. The maximum absolute atomic E-state index is 4.76. The van der Waals surface area contributed by atoms with Gasteiger partial charge in [0.25, 0.3) is 0 Å². The molecule has 1 aliphatic heterocycles. The molecule has 6 nitrogen and oxygen atoms in total. The molecule has 0 N–H and O–H groups in total. The second-order valence-electron chi connectivity index (χ2n) is 7.62. The van der Waals surface area contributed by atoms with Gasteiger partial charge in [-0.25, -0.2) is 0 Å². The fourth-order valence-electron chi connectivity index (χ4n) is 3.16. The van der Waals surface area contributed by atoms with Crippen molar-refractivity contribution in [2.45, 2.75) is 20.3 Å². The molecule has 188 valence electrons. The molecular formula is C27H28Cl2FeN6. The summed E-state index contributed by atoms with van der Waals surface area (Å²) in [4.78, 5) is 16.4. The minimum atomic E-state index is 0.194. The third-order valence-electron chi connectivity index (χ3n) is 4.87. The van der Waals surface area contributed by atoms with Gasteiger partial charge >= 0.3 is 33.3 Å². The Kier molecular flexibility index (Phi) is 14.9. The molecule has 0 amide bonds. The largest absolute Gasteiger partial charge is 0.265 e. The molecule has 0 spiro atoms. The molecule has 9 heteroatoms. The van der Waals surface area contributed by atoms with Crippen LogP contribution in [0.3, 0.4) is 0 Å². The molecule has 5 heterocycles. The molecule has 0 saturated heterocycles. The number of pyridine rings is 4. The summed E-state index contributed by atoms with van der Waals surface area (Å²) < 4.78 is 0. The zero-order chi connectivity index (χ0) is 25.8. The average Bonchev–Trinajstić information content (AvgIpc) is 2.97. The van der Waals surface area contributed by atoms with Crippen LogP contribution in [0.2, 0.25) is 0 Å². The third-order valence-corrected chi connectivity index (χ3v) is 4.87. The van der Waals surface area contributed by atoms with Gasteiger partial charge in [0.05, 0.1) is 22.8 Å². The first-order valence-corrected chi connectivity index (χ1v) is 14.2. The second-order valence-corrected chi connectivity index (χ2v) is 9.44. The van der Waals surface area contributed by atoms with Gasteiger partial charge in [-0.05, 0) is 54.4 Å². The molecular weight excluding hydrogens is 535 g/mol. The van der Waals surface area contributed by atoms with Gasteiger partial charge in [0, 0.05) is 49.5 Å². The average molecular weight is 563 g/mol. The summed E-state index contributed by atoms with van der Waals surface area (Å²) in [6.45, 7) is 4.43. The number of hydrogen-bond donors (Lipinski definition) is 0. The van der Waals surface area contributed by atoms with Crippen molar-refractivity contribution in [2.24, 2.45) is 22.0 Å².